The highest BCUT2D eigenvalue weighted by Crippen LogP contribution is 2.40. The molecule has 13 heavy (non-hydrogen) atoms. The molecule has 1 saturated carbocycles. The molecule has 0 spiro atoms. The first-order valence-corrected chi connectivity index (χ1v) is 4.76. The molecule has 2 heteroatoms. The Kier molecular flexibility index (Phi) is 2.34. The van der Waals surface area contributed by atoms with Gasteiger partial charge < -0.3 is 0 Å². The summed E-state index contributed by atoms with van der Waals surface area (Å²) in [5, 5.41) is 0. The van der Waals surface area contributed by atoms with Crippen molar-refractivity contribution in [2.45, 2.75) is 31.8 Å². The molecule has 0 aliphatic heterocycles. The topological polar surface area (TPSA) is 35.2 Å². The van der Waals surface area contributed by atoms with E-state index in [1.165, 1.54) is 24.0 Å². The standard InChI is InChI=1S/C11H15NO/c1-8(13-12)10-3-2-4-11(7-10)9-5-6-9/h2-4,7-9H,5-6,12H2,1H3. The highest BCUT2D eigenvalue weighted by molar-refractivity contribution is 5.30. The zero-order valence-corrected chi connectivity index (χ0v) is 7.86. The van der Waals surface area contributed by atoms with Crippen molar-refractivity contribution < 1.29 is 4.84 Å². The second-order valence-corrected chi connectivity index (χ2v) is 3.72. The minimum absolute atomic E-state index is 0.00120. The summed E-state index contributed by atoms with van der Waals surface area (Å²) in [4.78, 5) is 4.79. The van der Waals surface area contributed by atoms with E-state index in [2.05, 4.69) is 24.3 Å². The van der Waals surface area contributed by atoms with Gasteiger partial charge in [-0.1, -0.05) is 24.3 Å². The van der Waals surface area contributed by atoms with Gasteiger partial charge in [-0.25, -0.2) is 5.90 Å². The quantitative estimate of drug-likeness (QED) is 0.720. The predicted octanol–water partition coefficient (Wildman–Crippen LogP) is 2.52. The van der Waals surface area contributed by atoms with Gasteiger partial charge in [-0.3, -0.25) is 4.84 Å². The summed E-state index contributed by atoms with van der Waals surface area (Å²) >= 11 is 0. The number of hydrogen-bond donors (Lipinski definition) is 1. The van der Waals surface area contributed by atoms with Crippen LogP contribution < -0.4 is 5.90 Å². The molecule has 2 rings (SSSR count). The molecule has 2 N–H and O–H groups in total. The SMILES string of the molecule is CC(ON)c1cccc(C2CC2)c1. The van der Waals surface area contributed by atoms with Crippen LogP contribution in [0, 0.1) is 0 Å². The highest BCUT2D eigenvalue weighted by atomic mass is 16.6. The third-order valence-electron chi connectivity index (χ3n) is 2.63. The van der Waals surface area contributed by atoms with Gasteiger partial charge in [0, 0.05) is 0 Å². The molecule has 0 aromatic heterocycles. The van der Waals surface area contributed by atoms with Crippen molar-refractivity contribution in [3.05, 3.63) is 35.4 Å². The van der Waals surface area contributed by atoms with Gasteiger partial charge in [0.05, 0.1) is 0 Å². The van der Waals surface area contributed by atoms with Gasteiger partial charge in [0.25, 0.3) is 0 Å². The maximum atomic E-state index is 5.15. The van der Waals surface area contributed by atoms with Gasteiger partial charge >= 0.3 is 0 Å². The molecule has 1 aliphatic carbocycles. The normalized spacial score (nSPS) is 18.6. The summed E-state index contributed by atoms with van der Waals surface area (Å²) in [6.07, 6.45) is 2.67. The van der Waals surface area contributed by atoms with E-state index in [-0.39, 0.29) is 6.10 Å². The van der Waals surface area contributed by atoms with E-state index in [4.69, 9.17) is 10.7 Å². The molecule has 0 heterocycles. The second kappa shape index (κ2) is 3.48. The lowest BCUT2D eigenvalue weighted by atomic mass is 10.0. The third kappa shape index (κ3) is 1.90. The summed E-state index contributed by atoms with van der Waals surface area (Å²) in [7, 11) is 0. The first kappa shape index (κ1) is 8.73. The zero-order valence-electron chi connectivity index (χ0n) is 7.86. The van der Waals surface area contributed by atoms with Crippen molar-refractivity contribution in [2.24, 2.45) is 5.90 Å². The van der Waals surface area contributed by atoms with E-state index in [1.54, 1.807) is 0 Å². The Morgan fingerprint density at radius 2 is 2.23 bits per heavy atom. The maximum absolute atomic E-state index is 5.15. The molecular weight excluding hydrogens is 162 g/mol. The van der Waals surface area contributed by atoms with Crippen molar-refractivity contribution >= 4 is 0 Å². The van der Waals surface area contributed by atoms with Crippen LogP contribution in [0.25, 0.3) is 0 Å². The number of benzene rings is 1. The molecule has 1 unspecified atom stereocenters. The summed E-state index contributed by atoms with van der Waals surface area (Å²) in [6, 6.07) is 8.53. The maximum Gasteiger partial charge on any atom is 0.101 e. The molecule has 1 aliphatic rings. The number of hydrogen-bond acceptors (Lipinski definition) is 2. The Labute approximate surface area is 78.7 Å². The van der Waals surface area contributed by atoms with Crippen LogP contribution in [0.15, 0.2) is 24.3 Å². The summed E-state index contributed by atoms with van der Waals surface area (Å²) in [5.74, 6) is 5.94. The minimum atomic E-state index is -0.00120. The van der Waals surface area contributed by atoms with Crippen molar-refractivity contribution in [1.82, 2.24) is 0 Å². The van der Waals surface area contributed by atoms with Crippen LogP contribution in [0.1, 0.15) is 42.9 Å². The molecule has 1 fully saturated rings. The van der Waals surface area contributed by atoms with Crippen molar-refractivity contribution in [3.63, 3.8) is 0 Å². The van der Waals surface area contributed by atoms with E-state index in [1.807, 2.05) is 6.92 Å². The Balaban J connectivity index is 2.21. The summed E-state index contributed by atoms with van der Waals surface area (Å²) in [5.41, 5.74) is 2.60. The van der Waals surface area contributed by atoms with Crippen molar-refractivity contribution in [3.8, 4) is 0 Å². The molecule has 0 saturated heterocycles. The summed E-state index contributed by atoms with van der Waals surface area (Å²) in [6.45, 7) is 1.96. The van der Waals surface area contributed by atoms with Gasteiger partial charge in [-0.05, 0) is 36.8 Å². The lowest BCUT2D eigenvalue weighted by Gasteiger charge is -2.09. The van der Waals surface area contributed by atoms with Gasteiger partial charge in [-0.2, -0.15) is 0 Å². The first-order chi connectivity index (χ1) is 6.31. The predicted molar refractivity (Wildman–Crippen MR) is 52.1 cm³/mol. The lowest BCUT2D eigenvalue weighted by molar-refractivity contribution is 0.0663. The lowest BCUT2D eigenvalue weighted by Crippen LogP contribution is -2.05. The van der Waals surface area contributed by atoms with E-state index >= 15 is 0 Å². The van der Waals surface area contributed by atoms with Crippen LogP contribution in [-0.4, -0.2) is 0 Å². The Bertz CT molecular complexity index is 294. The third-order valence-corrected chi connectivity index (χ3v) is 2.63. The van der Waals surface area contributed by atoms with Crippen LogP contribution in [0.4, 0.5) is 0 Å². The van der Waals surface area contributed by atoms with Gasteiger partial charge in [0.15, 0.2) is 0 Å². The van der Waals surface area contributed by atoms with Crippen LogP contribution >= 0.6 is 0 Å². The monoisotopic (exact) mass is 177 g/mol. The Hall–Kier alpha value is -0.860. The Morgan fingerprint density at radius 3 is 2.85 bits per heavy atom. The Morgan fingerprint density at radius 1 is 1.46 bits per heavy atom. The molecule has 2 nitrogen and oxygen atoms in total. The first-order valence-electron chi connectivity index (χ1n) is 4.76. The average Bonchev–Trinajstić information content (AvgIpc) is 3.00. The molecule has 1 atom stereocenters. The minimum Gasteiger partial charge on any atom is -0.297 e. The van der Waals surface area contributed by atoms with Crippen molar-refractivity contribution in [2.75, 3.05) is 0 Å². The molecule has 1 aromatic carbocycles. The molecule has 0 radical (unpaired) electrons. The molecular formula is C11H15NO. The molecule has 0 bridgehead atoms. The van der Waals surface area contributed by atoms with Crippen LogP contribution in [-0.2, 0) is 4.84 Å². The van der Waals surface area contributed by atoms with E-state index < -0.39 is 0 Å². The second-order valence-electron chi connectivity index (χ2n) is 3.72. The van der Waals surface area contributed by atoms with Gasteiger partial charge in [-0.15, -0.1) is 0 Å². The smallest absolute Gasteiger partial charge is 0.101 e. The molecule has 0 amide bonds. The molecule has 70 valence electrons. The van der Waals surface area contributed by atoms with Gasteiger partial charge in [0.1, 0.15) is 6.10 Å². The van der Waals surface area contributed by atoms with Crippen LogP contribution in [0.2, 0.25) is 0 Å². The fourth-order valence-electron chi connectivity index (χ4n) is 1.56. The zero-order chi connectivity index (χ0) is 9.26. The van der Waals surface area contributed by atoms with Gasteiger partial charge in [0.2, 0.25) is 0 Å². The van der Waals surface area contributed by atoms with E-state index in [0.29, 0.717) is 0 Å². The van der Waals surface area contributed by atoms with Crippen LogP contribution in [0.5, 0.6) is 0 Å². The number of rotatable bonds is 3. The fraction of sp³-hybridized carbons (Fsp3) is 0.455. The number of nitrogens with two attached hydrogens (primary N) is 1. The largest absolute Gasteiger partial charge is 0.297 e. The summed E-state index contributed by atoms with van der Waals surface area (Å²) < 4.78 is 0. The highest BCUT2D eigenvalue weighted by Gasteiger charge is 2.23. The van der Waals surface area contributed by atoms with E-state index in [0.717, 1.165) is 5.92 Å². The fourth-order valence-corrected chi connectivity index (χ4v) is 1.56. The van der Waals surface area contributed by atoms with Crippen molar-refractivity contribution in [1.29, 1.82) is 0 Å². The van der Waals surface area contributed by atoms with E-state index in [9.17, 15) is 0 Å². The average molecular weight is 177 g/mol. The molecule has 1 aromatic rings. The van der Waals surface area contributed by atoms with Crippen LogP contribution in [0.3, 0.4) is 0 Å².